The fourth-order valence-electron chi connectivity index (χ4n) is 5.45. The highest BCUT2D eigenvalue weighted by molar-refractivity contribution is 7.80. The zero-order valence-electron chi connectivity index (χ0n) is 26.1. The predicted octanol–water partition coefficient (Wildman–Crippen LogP) is 8.37. The third-order valence-corrected chi connectivity index (χ3v) is 8.35. The van der Waals surface area contributed by atoms with Gasteiger partial charge in [-0.25, -0.2) is 0 Å². The summed E-state index contributed by atoms with van der Waals surface area (Å²) in [6.07, 6.45) is 1.82. The highest BCUT2D eigenvalue weighted by atomic mass is 32.1. The molecule has 0 saturated heterocycles. The van der Waals surface area contributed by atoms with Crippen LogP contribution in [0.2, 0.25) is 0 Å². The molecular formula is C37H41NO4S. The van der Waals surface area contributed by atoms with Crippen molar-refractivity contribution in [2.75, 3.05) is 0 Å². The fourth-order valence-corrected chi connectivity index (χ4v) is 5.77. The van der Waals surface area contributed by atoms with Crippen molar-refractivity contribution in [3.05, 3.63) is 99.7 Å². The Kier molecular flexibility index (Phi) is 9.31. The number of ketones is 2. The van der Waals surface area contributed by atoms with Gasteiger partial charge in [-0.15, -0.1) is 12.6 Å². The van der Waals surface area contributed by atoms with Crippen LogP contribution in [0.3, 0.4) is 0 Å². The maximum Gasteiger partial charge on any atom is 0.173 e. The number of phenolic OH excluding ortho intramolecular Hbond substituents is 1. The van der Waals surface area contributed by atoms with Crippen LogP contribution in [0.1, 0.15) is 109 Å². The molecule has 224 valence electrons. The van der Waals surface area contributed by atoms with Gasteiger partial charge in [-0.1, -0.05) is 90.1 Å². The number of aldehydes is 1. The van der Waals surface area contributed by atoms with Gasteiger partial charge in [0.15, 0.2) is 12.1 Å². The molecule has 0 fully saturated rings. The summed E-state index contributed by atoms with van der Waals surface area (Å²) in [6, 6.07) is 18.6. The lowest BCUT2D eigenvalue weighted by Crippen LogP contribution is -2.18. The quantitative estimate of drug-likeness (QED) is 0.115. The van der Waals surface area contributed by atoms with Gasteiger partial charge in [0.2, 0.25) is 0 Å². The number of pyridine rings is 1. The number of rotatable bonds is 9. The molecule has 0 aliphatic rings. The smallest absolute Gasteiger partial charge is 0.173 e. The minimum atomic E-state index is -0.608. The first-order valence-corrected chi connectivity index (χ1v) is 15.1. The predicted molar refractivity (Wildman–Crippen MR) is 176 cm³/mol. The van der Waals surface area contributed by atoms with Gasteiger partial charge in [-0.2, -0.15) is 0 Å². The van der Waals surface area contributed by atoms with Crippen molar-refractivity contribution in [2.45, 2.75) is 89.4 Å². The summed E-state index contributed by atoms with van der Waals surface area (Å²) in [6.45, 7) is 14.3. The number of carbonyl (C=O) groups is 3. The second-order valence-corrected chi connectivity index (χ2v) is 13.9. The second kappa shape index (κ2) is 12.5. The van der Waals surface area contributed by atoms with Crippen molar-refractivity contribution < 1.29 is 19.5 Å². The number of carbonyl (C=O) groups excluding carboxylic acids is 3. The number of benzene rings is 3. The molecule has 1 N–H and O–H groups in total. The van der Waals surface area contributed by atoms with E-state index in [9.17, 15) is 19.5 Å². The molecule has 43 heavy (non-hydrogen) atoms. The van der Waals surface area contributed by atoms with E-state index in [1.807, 2.05) is 42.5 Å². The van der Waals surface area contributed by atoms with Gasteiger partial charge in [0, 0.05) is 34.3 Å². The Hall–Kier alpha value is -3.77. The number of hydrogen-bond donors (Lipinski definition) is 2. The molecule has 0 radical (unpaired) electrons. The van der Waals surface area contributed by atoms with Crippen molar-refractivity contribution in [1.82, 2.24) is 4.98 Å². The molecule has 0 aliphatic heterocycles. The third kappa shape index (κ3) is 7.07. The number of aromatic hydroxyl groups is 1. The van der Waals surface area contributed by atoms with Crippen LogP contribution in [0.15, 0.2) is 65.6 Å². The zero-order chi connectivity index (χ0) is 31.7. The Balaban J connectivity index is 1.58. The van der Waals surface area contributed by atoms with Crippen LogP contribution in [0.25, 0.3) is 10.9 Å². The monoisotopic (exact) mass is 595 g/mol. The Bertz CT molecular complexity index is 1670. The van der Waals surface area contributed by atoms with Gasteiger partial charge in [-0.05, 0) is 58.6 Å². The number of thiol groups is 1. The number of hydrogen-bond acceptors (Lipinski definition) is 6. The molecular weight excluding hydrogens is 554 g/mol. The molecule has 1 heterocycles. The molecule has 5 nitrogen and oxygen atoms in total. The van der Waals surface area contributed by atoms with E-state index in [0.29, 0.717) is 46.5 Å². The van der Waals surface area contributed by atoms with Crippen LogP contribution in [0, 0.1) is 0 Å². The molecule has 0 bridgehead atoms. The number of aryl methyl sites for hydroxylation is 1. The van der Waals surface area contributed by atoms with Crippen molar-refractivity contribution in [3.63, 3.8) is 0 Å². The summed E-state index contributed by atoms with van der Waals surface area (Å²) in [7, 11) is 0. The maximum absolute atomic E-state index is 13.4. The second-order valence-electron chi connectivity index (χ2n) is 13.4. The highest BCUT2D eigenvalue weighted by Gasteiger charge is 2.27. The van der Waals surface area contributed by atoms with Crippen molar-refractivity contribution in [2.24, 2.45) is 0 Å². The summed E-state index contributed by atoms with van der Waals surface area (Å²) < 4.78 is 0. The number of aromatic nitrogens is 1. The summed E-state index contributed by atoms with van der Waals surface area (Å²) in [5, 5.41) is 11.9. The Morgan fingerprint density at radius 2 is 1.56 bits per heavy atom. The lowest BCUT2D eigenvalue weighted by molar-refractivity contribution is -0.118. The Labute approximate surface area is 260 Å². The number of nitrogens with zero attached hydrogens (tertiary/aromatic N) is 1. The van der Waals surface area contributed by atoms with Gasteiger partial charge >= 0.3 is 0 Å². The minimum absolute atomic E-state index is 0.0890. The average Bonchev–Trinajstić information content (AvgIpc) is 2.94. The van der Waals surface area contributed by atoms with Crippen LogP contribution in [-0.4, -0.2) is 27.9 Å². The number of Topliss-reactive ketones (excluding diaryl/α,β-unsaturated/α-hetero) is 2. The van der Waals surface area contributed by atoms with E-state index >= 15 is 0 Å². The molecule has 6 heteroatoms. The molecule has 0 spiro atoms. The molecule has 0 saturated carbocycles. The summed E-state index contributed by atoms with van der Waals surface area (Å²) in [5.74, 6) is -0.415. The standard InChI is InChI=1S/C37H41NO4S/c1-22(34(41)32-26(21-39)12-9-13-31(32)43)30-17-15-24-10-8-11-25(33(24)38-30)20-27(40)16-14-23-18-28(36(2,3)4)35(42)29(19-23)37(5,6)7/h8-13,15,17-19,21-22,42-43H,14,16,20H2,1-7H3. The normalized spacial score (nSPS) is 12.7. The molecule has 1 atom stereocenters. The number of phenols is 1. The molecule has 1 aromatic heterocycles. The minimum Gasteiger partial charge on any atom is -0.507 e. The van der Waals surface area contributed by atoms with E-state index in [1.165, 1.54) is 0 Å². The third-order valence-electron chi connectivity index (χ3n) is 7.98. The van der Waals surface area contributed by atoms with Crippen molar-refractivity contribution in [3.8, 4) is 5.75 Å². The fraction of sp³-hybridized carbons (Fsp3) is 0.351. The average molecular weight is 596 g/mol. The lowest BCUT2D eigenvalue weighted by Gasteiger charge is -2.28. The lowest BCUT2D eigenvalue weighted by atomic mass is 9.78. The summed E-state index contributed by atoms with van der Waals surface area (Å²) in [5.41, 5.74) is 4.99. The van der Waals surface area contributed by atoms with E-state index in [-0.39, 0.29) is 34.4 Å². The van der Waals surface area contributed by atoms with Gasteiger partial charge in [0.1, 0.15) is 11.5 Å². The van der Waals surface area contributed by atoms with Crippen LogP contribution >= 0.6 is 12.6 Å². The van der Waals surface area contributed by atoms with E-state index in [1.54, 1.807) is 25.1 Å². The first-order valence-electron chi connectivity index (χ1n) is 14.7. The number of fused-ring (bicyclic) bond motifs is 1. The molecule has 4 rings (SSSR count). The molecule has 0 amide bonds. The van der Waals surface area contributed by atoms with Crippen LogP contribution in [0.5, 0.6) is 5.75 Å². The Morgan fingerprint density at radius 3 is 2.16 bits per heavy atom. The van der Waals surface area contributed by atoms with E-state index in [0.717, 1.165) is 27.6 Å². The van der Waals surface area contributed by atoms with E-state index in [4.69, 9.17) is 4.98 Å². The first-order chi connectivity index (χ1) is 20.1. The maximum atomic E-state index is 13.4. The van der Waals surface area contributed by atoms with Crippen LogP contribution < -0.4 is 0 Å². The van der Waals surface area contributed by atoms with Gasteiger partial charge in [-0.3, -0.25) is 19.4 Å². The highest BCUT2D eigenvalue weighted by Crippen LogP contribution is 2.40. The Morgan fingerprint density at radius 1 is 0.930 bits per heavy atom. The molecule has 3 aromatic carbocycles. The van der Waals surface area contributed by atoms with Crippen molar-refractivity contribution in [1.29, 1.82) is 0 Å². The van der Waals surface area contributed by atoms with Crippen LogP contribution in [0.4, 0.5) is 0 Å². The molecule has 1 unspecified atom stereocenters. The van der Waals surface area contributed by atoms with Crippen LogP contribution in [-0.2, 0) is 28.5 Å². The topological polar surface area (TPSA) is 84.3 Å². The zero-order valence-corrected chi connectivity index (χ0v) is 27.0. The summed E-state index contributed by atoms with van der Waals surface area (Å²) >= 11 is 4.42. The van der Waals surface area contributed by atoms with Gasteiger partial charge < -0.3 is 5.11 Å². The van der Waals surface area contributed by atoms with E-state index in [2.05, 4.69) is 54.2 Å². The van der Waals surface area contributed by atoms with Gasteiger partial charge in [0.05, 0.1) is 17.1 Å². The molecule has 0 aliphatic carbocycles. The molecule has 4 aromatic rings. The first kappa shape index (κ1) is 32.2. The summed E-state index contributed by atoms with van der Waals surface area (Å²) in [4.78, 5) is 43.6. The van der Waals surface area contributed by atoms with Gasteiger partial charge in [0.25, 0.3) is 0 Å². The largest absolute Gasteiger partial charge is 0.507 e. The SMILES string of the molecule is CC(C(=O)c1c(S)cccc1C=O)c1ccc2cccc(CC(=O)CCc3cc(C(C)(C)C)c(O)c(C(C)(C)C)c3)c2n1. The van der Waals surface area contributed by atoms with Crippen molar-refractivity contribution >= 4 is 41.4 Å². The number of para-hydroxylation sites is 1. The van der Waals surface area contributed by atoms with E-state index < -0.39 is 5.92 Å².